The molecule has 1 heterocycles. The molecule has 7 heteroatoms. The molecule has 0 spiro atoms. The minimum Gasteiger partial charge on any atom is -0.489 e. The molecule has 1 saturated heterocycles. The molecule has 1 unspecified atom stereocenters. The molecule has 1 aromatic rings. The van der Waals surface area contributed by atoms with Gasteiger partial charge in [-0.25, -0.2) is 0 Å². The lowest BCUT2D eigenvalue weighted by Crippen LogP contribution is -2.48. The molecule has 1 amide bonds. The van der Waals surface area contributed by atoms with E-state index in [4.69, 9.17) is 27.9 Å². The van der Waals surface area contributed by atoms with E-state index in [-0.39, 0.29) is 12.0 Å². The maximum atomic E-state index is 12.5. The number of amides is 1. The van der Waals surface area contributed by atoms with Crippen molar-refractivity contribution >= 4 is 35.1 Å². The van der Waals surface area contributed by atoms with Crippen molar-refractivity contribution in [2.45, 2.75) is 31.8 Å². The molecular weight excluding hydrogens is 341 g/mol. The third-order valence-corrected chi connectivity index (χ3v) is 5.17. The highest BCUT2D eigenvalue weighted by Crippen LogP contribution is 2.47. The number of ether oxygens (including phenoxy) is 1. The Morgan fingerprint density at radius 3 is 2.61 bits per heavy atom. The molecule has 5 nitrogen and oxygen atoms in total. The van der Waals surface area contributed by atoms with E-state index in [0.717, 1.165) is 12.8 Å². The monoisotopic (exact) mass is 357 g/mol. The molecule has 1 aromatic carbocycles. The first kappa shape index (κ1) is 16.4. The average molecular weight is 358 g/mol. The number of likely N-dealkylation sites (tertiary alicyclic amines) is 1. The second-order valence-corrected chi connectivity index (χ2v) is 6.91. The maximum Gasteiger partial charge on any atom is 0.319 e. The number of carboxylic acids is 1. The lowest BCUT2D eigenvalue weighted by Gasteiger charge is -2.34. The van der Waals surface area contributed by atoms with Crippen LogP contribution in [0.25, 0.3) is 0 Å². The Bertz CT molecular complexity index is 645. The summed E-state index contributed by atoms with van der Waals surface area (Å²) in [6, 6.07) is 5.04. The highest BCUT2D eigenvalue weighted by Gasteiger charge is 2.58. The third-order valence-electron chi connectivity index (χ3n) is 4.43. The molecular formula is C16H17Cl2NO4. The van der Waals surface area contributed by atoms with Crippen LogP contribution in [-0.2, 0) is 9.59 Å². The van der Waals surface area contributed by atoms with Crippen molar-refractivity contribution < 1.29 is 19.4 Å². The van der Waals surface area contributed by atoms with Crippen molar-refractivity contribution in [3.8, 4) is 5.75 Å². The predicted molar refractivity (Wildman–Crippen MR) is 86.0 cm³/mol. The molecule has 2 fully saturated rings. The van der Waals surface area contributed by atoms with Crippen molar-refractivity contribution in [1.82, 2.24) is 4.90 Å². The van der Waals surface area contributed by atoms with Gasteiger partial charge >= 0.3 is 5.97 Å². The van der Waals surface area contributed by atoms with Crippen LogP contribution in [0.15, 0.2) is 18.2 Å². The van der Waals surface area contributed by atoms with Gasteiger partial charge in [-0.15, -0.1) is 0 Å². The summed E-state index contributed by atoms with van der Waals surface area (Å²) in [6.45, 7) is 0.975. The van der Waals surface area contributed by atoms with Gasteiger partial charge in [-0.2, -0.15) is 0 Å². The van der Waals surface area contributed by atoms with E-state index in [1.54, 1.807) is 23.1 Å². The summed E-state index contributed by atoms with van der Waals surface area (Å²) in [5.74, 6) is -0.708. The van der Waals surface area contributed by atoms with Gasteiger partial charge in [-0.05, 0) is 37.8 Å². The molecule has 124 valence electrons. The Balaban J connectivity index is 1.65. The molecule has 1 aliphatic heterocycles. The maximum absolute atomic E-state index is 12.5. The van der Waals surface area contributed by atoms with E-state index < -0.39 is 11.4 Å². The quantitative estimate of drug-likeness (QED) is 0.840. The number of piperidine rings is 1. The largest absolute Gasteiger partial charge is 0.489 e. The molecule has 1 atom stereocenters. The van der Waals surface area contributed by atoms with Gasteiger partial charge in [-0.1, -0.05) is 23.2 Å². The van der Waals surface area contributed by atoms with Gasteiger partial charge in [0.15, 0.2) is 0 Å². The molecule has 1 saturated carbocycles. The van der Waals surface area contributed by atoms with E-state index in [1.807, 2.05) is 0 Å². The number of rotatable bonds is 4. The molecule has 23 heavy (non-hydrogen) atoms. The Labute approximate surface area is 144 Å². The first-order chi connectivity index (χ1) is 10.9. The van der Waals surface area contributed by atoms with Gasteiger partial charge < -0.3 is 14.7 Å². The third kappa shape index (κ3) is 3.26. The van der Waals surface area contributed by atoms with Crippen molar-refractivity contribution in [1.29, 1.82) is 0 Å². The summed E-state index contributed by atoms with van der Waals surface area (Å²) in [5, 5.41) is 10.1. The Morgan fingerprint density at radius 2 is 2.00 bits per heavy atom. The standard InChI is InChI=1S/C16H17Cl2NO4/c17-12-4-3-10(8-13(12)18)23-11-2-1-7-19(9-11)14(20)16(5-6-16)15(21)22/h3-4,8,11H,1-2,5-7,9H2,(H,21,22). The first-order valence-electron chi connectivity index (χ1n) is 7.57. The van der Waals surface area contributed by atoms with Crippen LogP contribution in [0, 0.1) is 5.41 Å². The predicted octanol–water partition coefficient (Wildman–Crippen LogP) is 3.23. The molecule has 0 aromatic heterocycles. The molecule has 2 aliphatic rings. The van der Waals surface area contributed by atoms with Crippen LogP contribution in [-0.4, -0.2) is 41.1 Å². The molecule has 0 bridgehead atoms. The van der Waals surface area contributed by atoms with Crippen LogP contribution < -0.4 is 4.74 Å². The van der Waals surface area contributed by atoms with Crippen molar-refractivity contribution in [2.24, 2.45) is 5.41 Å². The normalized spacial score (nSPS) is 22.5. The number of nitrogens with zero attached hydrogens (tertiary/aromatic N) is 1. The smallest absolute Gasteiger partial charge is 0.319 e. The number of benzene rings is 1. The van der Waals surface area contributed by atoms with Crippen LogP contribution in [0.3, 0.4) is 0 Å². The lowest BCUT2D eigenvalue weighted by atomic mass is 10.0. The van der Waals surface area contributed by atoms with Crippen LogP contribution in [0.5, 0.6) is 5.75 Å². The van der Waals surface area contributed by atoms with Crippen LogP contribution >= 0.6 is 23.2 Å². The summed E-state index contributed by atoms with van der Waals surface area (Å²) in [6.07, 6.45) is 2.28. The van der Waals surface area contributed by atoms with Crippen molar-refractivity contribution in [3.05, 3.63) is 28.2 Å². The zero-order chi connectivity index (χ0) is 16.6. The summed E-state index contributed by atoms with van der Waals surface area (Å²) >= 11 is 11.9. The number of hydrogen-bond acceptors (Lipinski definition) is 3. The number of carboxylic acid groups (broad SMARTS) is 1. The fourth-order valence-corrected chi connectivity index (χ4v) is 3.20. The second-order valence-electron chi connectivity index (χ2n) is 6.10. The fraction of sp³-hybridized carbons (Fsp3) is 0.500. The number of aliphatic carboxylic acids is 1. The highest BCUT2D eigenvalue weighted by molar-refractivity contribution is 6.42. The first-order valence-corrected chi connectivity index (χ1v) is 8.32. The Morgan fingerprint density at radius 1 is 1.26 bits per heavy atom. The van der Waals surface area contributed by atoms with E-state index in [1.165, 1.54) is 0 Å². The minimum atomic E-state index is -1.19. The van der Waals surface area contributed by atoms with E-state index in [9.17, 15) is 14.7 Å². The minimum absolute atomic E-state index is 0.172. The number of carbonyl (C=O) groups excluding carboxylic acids is 1. The molecule has 1 N–H and O–H groups in total. The highest BCUT2D eigenvalue weighted by atomic mass is 35.5. The SMILES string of the molecule is O=C(O)C1(C(=O)N2CCCC(Oc3ccc(Cl)c(Cl)c3)C2)CC1. The zero-order valence-electron chi connectivity index (χ0n) is 12.4. The fourth-order valence-electron chi connectivity index (χ4n) is 2.91. The number of carbonyl (C=O) groups is 2. The topological polar surface area (TPSA) is 66.8 Å². The van der Waals surface area contributed by atoms with Gasteiger partial charge in [0.1, 0.15) is 17.3 Å². The zero-order valence-corrected chi connectivity index (χ0v) is 13.9. The van der Waals surface area contributed by atoms with E-state index >= 15 is 0 Å². The summed E-state index contributed by atoms with van der Waals surface area (Å²) in [7, 11) is 0. The number of halogens is 2. The van der Waals surface area contributed by atoms with E-state index in [0.29, 0.717) is 41.7 Å². The lowest BCUT2D eigenvalue weighted by molar-refractivity contribution is -0.154. The summed E-state index contributed by atoms with van der Waals surface area (Å²) in [5.41, 5.74) is -1.19. The summed E-state index contributed by atoms with van der Waals surface area (Å²) < 4.78 is 5.88. The number of hydrogen-bond donors (Lipinski definition) is 1. The summed E-state index contributed by atoms with van der Waals surface area (Å²) in [4.78, 5) is 25.4. The van der Waals surface area contributed by atoms with Gasteiger partial charge in [-0.3, -0.25) is 9.59 Å². The van der Waals surface area contributed by atoms with Crippen molar-refractivity contribution in [2.75, 3.05) is 13.1 Å². The van der Waals surface area contributed by atoms with Gasteiger partial charge in [0.2, 0.25) is 5.91 Å². The average Bonchev–Trinajstić information content (AvgIpc) is 3.32. The van der Waals surface area contributed by atoms with Gasteiger partial charge in [0, 0.05) is 12.6 Å². The molecule has 1 aliphatic carbocycles. The molecule has 3 rings (SSSR count). The van der Waals surface area contributed by atoms with Crippen molar-refractivity contribution in [3.63, 3.8) is 0 Å². The van der Waals surface area contributed by atoms with Gasteiger partial charge in [0.05, 0.1) is 16.6 Å². The Hall–Kier alpha value is -1.46. The molecule has 0 radical (unpaired) electrons. The van der Waals surface area contributed by atoms with E-state index in [2.05, 4.69) is 0 Å². The van der Waals surface area contributed by atoms with Gasteiger partial charge in [0.25, 0.3) is 0 Å². The Kier molecular flexibility index (Phi) is 4.43. The second kappa shape index (κ2) is 6.21. The van der Waals surface area contributed by atoms with Crippen LogP contribution in [0.4, 0.5) is 0 Å². The van der Waals surface area contributed by atoms with Crippen LogP contribution in [0.1, 0.15) is 25.7 Å². The van der Waals surface area contributed by atoms with Crippen LogP contribution in [0.2, 0.25) is 10.0 Å².